The summed E-state index contributed by atoms with van der Waals surface area (Å²) in [5.74, 6) is -1.32. The van der Waals surface area contributed by atoms with Crippen molar-refractivity contribution in [1.82, 2.24) is 4.98 Å². The number of nitrogens with one attached hydrogen (secondary N) is 1. The third-order valence-corrected chi connectivity index (χ3v) is 7.76. The molecule has 10 heteroatoms. The van der Waals surface area contributed by atoms with Crippen LogP contribution in [-0.2, 0) is 5.75 Å². The van der Waals surface area contributed by atoms with E-state index in [-0.39, 0.29) is 5.56 Å². The Morgan fingerprint density at radius 2 is 1.81 bits per heavy atom. The van der Waals surface area contributed by atoms with Gasteiger partial charge in [0.1, 0.15) is 0 Å². The lowest BCUT2D eigenvalue weighted by Gasteiger charge is -2.08. The second-order valence-corrected chi connectivity index (χ2v) is 10.1. The minimum absolute atomic E-state index is 0.163. The van der Waals surface area contributed by atoms with Gasteiger partial charge in [0.05, 0.1) is 26.3 Å². The summed E-state index contributed by atoms with van der Waals surface area (Å²) in [4.78, 5) is 39.3. The zero-order valence-corrected chi connectivity index (χ0v) is 20.1. The monoisotopic (exact) mass is 515 g/mol. The van der Waals surface area contributed by atoms with Crippen LogP contribution in [0.15, 0.2) is 83.2 Å². The van der Waals surface area contributed by atoms with Gasteiger partial charge in [-0.3, -0.25) is 14.9 Å². The van der Waals surface area contributed by atoms with Gasteiger partial charge in [0.25, 0.3) is 11.6 Å². The highest BCUT2D eigenvalue weighted by Crippen LogP contribution is 2.34. The van der Waals surface area contributed by atoms with E-state index in [9.17, 15) is 24.8 Å². The summed E-state index contributed by atoms with van der Waals surface area (Å²) >= 11 is 3.14. The van der Waals surface area contributed by atoms with Crippen molar-refractivity contribution in [3.05, 3.63) is 106 Å². The van der Waals surface area contributed by atoms with Crippen LogP contribution in [0.3, 0.4) is 0 Å². The average molecular weight is 516 g/mol. The lowest BCUT2D eigenvalue weighted by molar-refractivity contribution is -0.384. The number of thioether (sulfide) groups is 1. The number of hydrogen-bond acceptors (Lipinski definition) is 7. The largest absolute Gasteiger partial charge is 0.478 e. The number of carbonyl (C=O) groups excluding carboxylic acids is 1. The van der Waals surface area contributed by atoms with Crippen molar-refractivity contribution < 1.29 is 19.6 Å². The number of rotatable bonds is 7. The minimum atomic E-state index is -1.42. The number of non-ortho nitro benzene ring substituents is 1. The molecule has 1 heterocycles. The predicted octanol–water partition coefficient (Wildman–Crippen LogP) is 6.60. The number of nitrogens with zero attached hydrogens (tertiary/aromatic N) is 2. The maximum atomic E-state index is 12.8. The number of carboxylic acids is 1. The van der Waals surface area contributed by atoms with Crippen LogP contribution in [0.1, 0.15) is 26.3 Å². The Labute approximate surface area is 212 Å². The summed E-state index contributed by atoms with van der Waals surface area (Å²) in [6.45, 7) is 0. The van der Waals surface area contributed by atoms with E-state index in [4.69, 9.17) is 0 Å². The van der Waals surface area contributed by atoms with E-state index in [2.05, 4.69) is 34.6 Å². The number of amides is 1. The number of aromatic nitrogens is 1. The Morgan fingerprint density at radius 3 is 2.61 bits per heavy atom. The van der Waals surface area contributed by atoms with Crippen molar-refractivity contribution in [3.63, 3.8) is 0 Å². The second-order valence-electron chi connectivity index (χ2n) is 7.84. The first kappa shape index (κ1) is 23.5. The highest BCUT2D eigenvalue weighted by Gasteiger charge is 2.21. The molecule has 0 unspecified atom stereocenters. The summed E-state index contributed by atoms with van der Waals surface area (Å²) in [6, 6.07) is 22.9. The number of nitro benzene ring substituents is 1. The quantitative estimate of drug-likeness (QED) is 0.142. The Morgan fingerprint density at radius 1 is 1.00 bits per heavy atom. The molecule has 8 nitrogen and oxygen atoms in total. The number of carboxylic acid groups (broad SMARTS) is 1. The number of aromatic carboxylic acids is 1. The third-order valence-electron chi connectivity index (χ3n) is 5.55. The number of benzene rings is 4. The van der Waals surface area contributed by atoms with Gasteiger partial charge in [0.15, 0.2) is 4.34 Å². The van der Waals surface area contributed by atoms with Crippen LogP contribution < -0.4 is 5.32 Å². The van der Waals surface area contributed by atoms with E-state index >= 15 is 0 Å². The van der Waals surface area contributed by atoms with Crippen molar-refractivity contribution >= 4 is 67.3 Å². The topological polar surface area (TPSA) is 122 Å². The molecule has 5 rings (SSSR count). The van der Waals surface area contributed by atoms with Crippen LogP contribution in [0.2, 0.25) is 0 Å². The lowest BCUT2D eigenvalue weighted by atomic mass is 10.1. The summed E-state index contributed by atoms with van der Waals surface area (Å²) in [5.41, 5.74) is 1.49. The molecule has 0 saturated heterocycles. The fourth-order valence-corrected chi connectivity index (χ4v) is 5.93. The molecule has 0 aliphatic heterocycles. The molecule has 0 aliphatic rings. The van der Waals surface area contributed by atoms with Gasteiger partial charge in [0.2, 0.25) is 0 Å². The molecule has 4 aromatic carbocycles. The number of thiazole rings is 1. The molecule has 0 aliphatic carbocycles. The number of anilines is 1. The first-order chi connectivity index (χ1) is 17.4. The fraction of sp³-hybridized carbons (Fsp3) is 0.0385. The fourth-order valence-electron chi connectivity index (χ4n) is 3.82. The van der Waals surface area contributed by atoms with Gasteiger partial charge in [-0.25, -0.2) is 9.78 Å². The predicted molar refractivity (Wildman–Crippen MR) is 141 cm³/mol. The van der Waals surface area contributed by atoms with Crippen LogP contribution >= 0.6 is 23.1 Å². The molecule has 1 aromatic heterocycles. The summed E-state index contributed by atoms with van der Waals surface area (Å²) < 4.78 is 1.76. The van der Waals surface area contributed by atoms with Crippen molar-refractivity contribution in [2.75, 3.05) is 5.32 Å². The summed E-state index contributed by atoms with van der Waals surface area (Å²) in [5, 5.41) is 25.5. The van der Waals surface area contributed by atoms with Crippen LogP contribution in [0.5, 0.6) is 0 Å². The number of fused-ring (bicyclic) bond motifs is 2. The molecule has 0 atom stereocenters. The van der Waals surface area contributed by atoms with Crippen molar-refractivity contribution in [2.24, 2.45) is 0 Å². The number of nitro groups is 1. The normalized spacial score (nSPS) is 11.0. The van der Waals surface area contributed by atoms with Gasteiger partial charge < -0.3 is 10.4 Å². The van der Waals surface area contributed by atoms with Crippen LogP contribution in [0.4, 0.5) is 11.4 Å². The molecule has 5 aromatic rings. The Balaban J connectivity index is 1.34. The Bertz CT molecular complexity index is 1660. The molecule has 0 fully saturated rings. The van der Waals surface area contributed by atoms with E-state index < -0.39 is 28.1 Å². The van der Waals surface area contributed by atoms with Gasteiger partial charge in [0, 0.05) is 23.6 Å². The molecule has 0 bridgehead atoms. The van der Waals surface area contributed by atoms with E-state index in [1.165, 1.54) is 27.7 Å². The van der Waals surface area contributed by atoms with E-state index in [0.29, 0.717) is 5.69 Å². The SMILES string of the molecule is O=C(O)c1cc([N+](=O)[O-])ccc1C(=O)Nc1ccc2nc(SCc3cccc4ccccc34)sc2c1. The molecular weight excluding hydrogens is 498 g/mol. The average Bonchev–Trinajstić information content (AvgIpc) is 3.29. The van der Waals surface area contributed by atoms with E-state index in [1.807, 2.05) is 18.2 Å². The van der Waals surface area contributed by atoms with Crippen molar-refractivity contribution in [2.45, 2.75) is 10.1 Å². The van der Waals surface area contributed by atoms with E-state index in [0.717, 1.165) is 38.5 Å². The molecule has 2 N–H and O–H groups in total. The number of carbonyl (C=O) groups is 2. The minimum Gasteiger partial charge on any atom is -0.478 e. The van der Waals surface area contributed by atoms with Gasteiger partial charge >= 0.3 is 5.97 Å². The van der Waals surface area contributed by atoms with Gasteiger partial charge in [-0.2, -0.15) is 0 Å². The zero-order chi connectivity index (χ0) is 25.2. The first-order valence-corrected chi connectivity index (χ1v) is 12.5. The second kappa shape index (κ2) is 9.76. The molecule has 178 valence electrons. The van der Waals surface area contributed by atoms with Crippen LogP contribution in [-0.4, -0.2) is 26.9 Å². The molecule has 0 saturated carbocycles. The maximum Gasteiger partial charge on any atom is 0.336 e. The maximum absolute atomic E-state index is 12.8. The molecule has 36 heavy (non-hydrogen) atoms. The van der Waals surface area contributed by atoms with Gasteiger partial charge in [-0.1, -0.05) is 54.2 Å². The smallest absolute Gasteiger partial charge is 0.336 e. The van der Waals surface area contributed by atoms with Gasteiger partial charge in [-0.15, -0.1) is 11.3 Å². The zero-order valence-electron chi connectivity index (χ0n) is 18.5. The molecule has 0 radical (unpaired) electrons. The molecule has 0 spiro atoms. The first-order valence-electron chi connectivity index (χ1n) is 10.7. The van der Waals surface area contributed by atoms with Gasteiger partial charge in [-0.05, 0) is 40.6 Å². The molecular formula is C26H17N3O5S2. The molecule has 1 amide bonds. The highest BCUT2D eigenvalue weighted by atomic mass is 32.2. The standard InChI is InChI=1S/C26H17N3O5S2/c30-24(20-10-9-18(29(33)34)13-21(20)25(31)32)27-17-8-11-22-23(12-17)36-26(28-22)35-14-16-6-3-5-15-4-1-2-7-19(15)16/h1-13H,14H2,(H,27,30)(H,31,32). The number of hydrogen-bond donors (Lipinski definition) is 2. The highest BCUT2D eigenvalue weighted by molar-refractivity contribution is 8.00. The van der Waals surface area contributed by atoms with Crippen molar-refractivity contribution in [1.29, 1.82) is 0 Å². The Hall–Kier alpha value is -4.28. The third kappa shape index (κ3) is 4.77. The summed E-state index contributed by atoms with van der Waals surface area (Å²) in [6.07, 6.45) is 0. The van der Waals surface area contributed by atoms with E-state index in [1.54, 1.807) is 30.0 Å². The van der Waals surface area contributed by atoms with Crippen LogP contribution in [0.25, 0.3) is 21.0 Å². The van der Waals surface area contributed by atoms with Crippen LogP contribution in [0, 0.1) is 10.1 Å². The Kier molecular flexibility index (Phi) is 6.36. The summed E-state index contributed by atoms with van der Waals surface area (Å²) in [7, 11) is 0. The lowest BCUT2D eigenvalue weighted by Crippen LogP contribution is -2.16. The van der Waals surface area contributed by atoms with Crippen molar-refractivity contribution in [3.8, 4) is 0 Å².